The summed E-state index contributed by atoms with van der Waals surface area (Å²) in [4.78, 5) is 0. The largest absolute Gasteiger partial charge is 0.277 e. The molecule has 3 heteroatoms. The first-order valence-corrected chi connectivity index (χ1v) is 8.38. The molecule has 1 rings (SSSR count). The van der Waals surface area contributed by atoms with Gasteiger partial charge in [0.1, 0.15) is 0 Å². The van der Waals surface area contributed by atoms with E-state index in [1.54, 1.807) is 0 Å². The second kappa shape index (κ2) is 3.41. The molecule has 0 fully saturated rings. The number of halogens is 2. The summed E-state index contributed by atoms with van der Waals surface area (Å²) in [6.07, 6.45) is 0. The normalized spacial score (nSPS) is 11.8. The second-order valence-corrected chi connectivity index (χ2v) is 10.7. The highest BCUT2D eigenvalue weighted by Gasteiger charge is 2.23. The summed E-state index contributed by atoms with van der Waals surface area (Å²) in [5.41, 5.74) is 2.45. The Morgan fingerprint density at radius 3 is 1.75 bits per heavy atom. The van der Waals surface area contributed by atoms with Gasteiger partial charge in [0.25, 0.3) is 6.69 Å². The van der Waals surface area contributed by atoms with Crippen molar-refractivity contribution in [1.29, 1.82) is 0 Å². The van der Waals surface area contributed by atoms with Crippen LogP contribution in [0, 0.1) is 13.8 Å². The van der Waals surface area contributed by atoms with E-state index in [0.717, 1.165) is 5.19 Å². The quantitative estimate of drug-likeness (QED) is 0.503. The van der Waals surface area contributed by atoms with E-state index in [1.165, 1.54) is 11.1 Å². The van der Waals surface area contributed by atoms with Crippen LogP contribution in [0.2, 0.25) is 6.55 Å². The van der Waals surface area contributed by atoms with Crippen LogP contribution in [0.3, 0.4) is 0 Å². The Labute approximate surface area is 83.9 Å². The van der Waals surface area contributed by atoms with Gasteiger partial charge in [-0.15, -0.1) is 22.2 Å². The summed E-state index contributed by atoms with van der Waals surface area (Å²) in [7, 11) is 0. The van der Waals surface area contributed by atoms with Crippen molar-refractivity contribution in [2.45, 2.75) is 20.4 Å². The van der Waals surface area contributed by atoms with Gasteiger partial charge >= 0.3 is 0 Å². The first-order chi connectivity index (χ1) is 5.39. The number of benzene rings is 1. The first kappa shape index (κ1) is 10.1. The van der Waals surface area contributed by atoms with Crippen molar-refractivity contribution < 1.29 is 0 Å². The van der Waals surface area contributed by atoms with Gasteiger partial charge in [0.05, 0.1) is 0 Å². The van der Waals surface area contributed by atoms with E-state index in [1.807, 2.05) is 6.55 Å². The van der Waals surface area contributed by atoms with E-state index >= 15 is 0 Å². The lowest BCUT2D eigenvalue weighted by atomic mass is 10.2. The van der Waals surface area contributed by atoms with Crippen molar-refractivity contribution in [2.75, 3.05) is 0 Å². The maximum absolute atomic E-state index is 6.11. The Morgan fingerprint density at radius 1 is 1.00 bits per heavy atom. The molecular formula is C9H12Cl2Si. The lowest BCUT2D eigenvalue weighted by molar-refractivity contribution is 1.40. The standard InChI is InChI=1S/C9H12Cl2Si/c1-7-4-8(2)6-9(5-7)12(3,10)11/h4-6H,1-3H3. The van der Waals surface area contributed by atoms with Crippen molar-refractivity contribution in [3.8, 4) is 0 Å². The molecule has 0 nitrogen and oxygen atoms in total. The molecular weight excluding hydrogens is 207 g/mol. The van der Waals surface area contributed by atoms with Gasteiger partial charge in [-0.2, -0.15) is 0 Å². The number of hydrogen-bond donors (Lipinski definition) is 0. The molecule has 0 spiro atoms. The third-order valence-corrected chi connectivity index (χ3v) is 4.34. The van der Waals surface area contributed by atoms with Crippen molar-refractivity contribution in [2.24, 2.45) is 0 Å². The van der Waals surface area contributed by atoms with E-state index in [0.29, 0.717) is 0 Å². The SMILES string of the molecule is Cc1cc(C)cc([Si](C)(Cl)Cl)c1. The Morgan fingerprint density at radius 2 is 1.42 bits per heavy atom. The van der Waals surface area contributed by atoms with Gasteiger partial charge in [-0.3, -0.25) is 0 Å². The lowest BCUT2D eigenvalue weighted by Crippen LogP contribution is -2.32. The molecule has 0 N–H and O–H groups in total. The summed E-state index contributed by atoms with van der Waals surface area (Å²) in [5, 5.41) is 1.10. The molecule has 0 aromatic heterocycles. The fourth-order valence-corrected chi connectivity index (χ4v) is 2.85. The van der Waals surface area contributed by atoms with Gasteiger partial charge in [-0.25, -0.2) is 0 Å². The van der Waals surface area contributed by atoms with Crippen LogP contribution in [-0.4, -0.2) is 6.69 Å². The third kappa shape index (κ3) is 2.51. The zero-order valence-electron chi connectivity index (χ0n) is 7.49. The molecule has 12 heavy (non-hydrogen) atoms. The van der Waals surface area contributed by atoms with Crippen molar-refractivity contribution in [3.05, 3.63) is 29.3 Å². The van der Waals surface area contributed by atoms with Crippen LogP contribution in [0.4, 0.5) is 0 Å². The summed E-state index contributed by atoms with van der Waals surface area (Å²) >= 11 is 12.2. The van der Waals surface area contributed by atoms with Gasteiger partial charge in [-0.1, -0.05) is 29.3 Å². The Hall–Kier alpha value is 0.0169. The predicted octanol–water partition coefficient (Wildman–Crippen LogP) is 3.06. The van der Waals surface area contributed by atoms with E-state index in [-0.39, 0.29) is 0 Å². The zero-order valence-corrected chi connectivity index (χ0v) is 10.00. The fourth-order valence-electron chi connectivity index (χ4n) is 1.23. The van der Waals surface area contributed by atoms with Crippen LogP contribution >= 0.6 is 22.2 Å². The molecule has 0 aliphatic rings. The molecule has 0 bridgehead atoms. The van der Waals surface area contributed by atoms with Gasteiger partial charge in [-0.05, 0) is 25.6 Å². The highest BCUT2D eigenvalue weighted by Crippen LogP contribution is 2.15. The van der Waals surface area contributed by atoms with Crippen LogP contribution in [0.1, 0.15) is 11.1 Å². The molecule has 66 valence electrons. The summed E-state index contributed by atoms with van der Waals surface area (Å²) in [6.45, 7) is 3.89. The smallest absolute Gasteiger partial charge is 0.140 e. The second-order valence-electron chi connectivity index (χ2n) is 3.26. The molecule has 0 aliphatic carbocycles. The van der Waals surface area contributed by atoms with Crippen molar-refractivity contribution >= 4 is 34.0 Å². The van der Waals surface area contributed by atoms with Gasteiger partial charge in [0.15, 0.2) is 0 Å². The Balaban J connectivity index is 3.18. The average molecular weight is 219 g/mol. The topological polar surface area (TPSA) is 0 Å². The molecule has 0 saturated carbocycles. The highest BCUT2D eigenvalue weighted by atomic mass is 35.7. The summed E-state index contributed by atoms with van der Waals surface area (Å²) < 4.78 is 0. The van der Waals surface area contributed by atoms with E-state index in [4.69, 9.17) is 22.2 Å². The van der Waals surface area contributed by atoms with Gasteiger partial charge in [0.2, 0.25) is 0 Å². The highest BCUT2D eigenvalue weighted by molar-refractivity contribution is 7.50. The monoisotopic (exact) mass is 218 g/mol. The minimum absolute atomic E-state index is 1.10. The van der Waals surface area contributed by atoms with E-state index < -0.39 is 6.69 Å². The van der Waals surface area contributed by atoms with Crippen LogP contribution in [0.5, 0.6) is 0 Å². The van der Waals surface area contributed by atoms with E-state index in [9.17, 15) is 0 Å². The fraction of sp³-hybridized carbons (Fsp3) is 0.333. The third-order valence-electron chi connectivity index (χ3n) is 1.73. The zero-order chi connectivity index (χ0) is 9.35. The average Bonchev–Trinajstić information content (AvgIpc) is 1.82. The first-order valence-electron chi connectivity index (χ1n) is 3.86. The molecule has 0 saturated heterocycles. The Bertz CT molecular complexity index is 269. The summed E-state index contributed by atoms with van der Waals surface area (Å²) in [5.74, 6) is 0. The lowest BCUT2D eigenvalue weighted by Gasteiger charge is -2.12. The molecule has 0 heterocycles. The molecule has 1 aromatic rings. The molecule has 0 atom stereocenters. The maximum Gasteiger partial charge on any atom is 0.277 e. The predicted molar refractivity (Wildman–Crippen MR) is 58.9 cm³/mol. The minimum Gasteiger partial charge on any atom is -0.140 e. The van der Waals surface area contributed by atoms with Crippen LogP contribution in [0.25, 0.3) is 0 Å². The summed E-state index contributed by atoms with van der Waals surface area (Å²) in [6, 6.07) is 6.26. The number of aryl methyl sites for hydroxylation is 2. The van der Waals surface area contributed by atoms with Crippen LogP contribution in [-0.2, 0) is 0 Å². The molecule has 0 unspecified atom stereocenters. The molecule has 0 aliphatic heterocycles. The van der Waals surface area contributed by atoms with E-state index in [2.05, 4.69) is 32.0 Å². The van der Waals surface area contributed by atoms with Gasteiger partial charge < -0.3 is 0 Å². The van der Waals surface area contributed by atoms with Crippen LogP contribution < -0.4 is 5.19 Å². The number of rotatable bonds is 1. The Kier molecular flexibility index (Phi) is 2.87. The minimum atomic E-state index is -2.15. The van der Waals surface area contributed by atoms with Crippen molar-refractivity contribution in [3.63, 3.8) is 0 Å². The molecule has 0 amide bonds. The van der Waals surface area contributed by atoms with Crippen molar-refractivity contribution in [1.82, 2.24) is 0 Å². The number of hydrogen-bond acceptors (Lipinski definition) is 0. The molecule has 0 radical (unpaired) electrons. The maximum atomic E-state index is 6.11. The molecule has 1 aromatic carbocycles. The van der Waals surface area contributed by atoms with Gasteiger partial charge in [0, 0.05) is 0 Å². The van der Waals surface area contributed by atoms with Crippen LogP contribution in [0.15, 0.2) is 18.2 Å².